The standard InChI is InChI=1S/C13H11F13O6S/c1-3-31-6(27)5(7(28)32-4-2)33(29,30)13(25,26)11(20,21)9(16,17)8(14,15)10(18,19)12(22,23)24/h5H,3-4H2,1-2H3. The van der Waals surface area contributed by atoms with Gasteiger partial charge in [-0.25, -0.2) is 8.42 Å². The van der Waals surface area contributed by atoms with Gasteiger partial charge in [0.15, 0.2) is 0 Å². The van der Waals surface area contributed by atoms with Crippen LogP contribution < -0.4 is 0 Å². The van der Waals surface area contributed by atoms with Crippen molar-refractivity contribution in [1.29, 1.82) is 0 Å². The molecule has 6 nitrogen and oxygen atoms in total. The Balaban J connectivity index is 6.96. The van der Waals surface area contributed by atoms with Gasteiger partial charge < -0.3 is 9.47 Å². The van der Waals surface area contributed by atoms with Gasteiger partial charge >= 0.3 is 47.1 Å². The lowest BCUT2D eigenvalue weighted by Gasteiger charge is -2.39. The zero-order valence-corrected chi connectivity index (χ0v) is 16.6. The molecule has 0 aromatic carbocycles. The van der Waals surface area contributed by atoms with E-state index < -0.39 is 75.4 Å². The van der Waals surface area contributed by atoms with Crippen LogP contribution in [0.2, 0.25) is 0 Å². The number of hydrogen-bond acceptors (Lipinski definition) is 6. The number of esters is 2. The van der Waals surface area contributed by atoms with Gasteiger partial charge in [-0.3, -0.25) is 9.59 Å². The molecule has 0 radical (unpaired) electrons. The predicted molar refractivity (Wildman–Crippen MR) is 76.8 cm³/mol. The Kier molecular flexibility index (Phi) is 8.42. The zero-order chi connectivity index (χ0) is 27.1. The summed E-state index contributed by atoms with van der Waals surface area (Å²) in [6.45, 7) is -0.267. The molecule has 196 valence electrons. The molecular formula is C13H11F13O6S. The molecule has 0 rings (SSSR count). The summed E-state index contributed by atoms with van der Waals surface area (Å²) in [5, 5.41) is -12.0. The fraction of sp³-hybridized carbons (Fsp3) is 0.846. The SMILES string of the molecule is CCOC(=O)C(C(=O)OCC)S(=O)(=O)C(F)(F)C(F)(F)C(F)(F)C(F)(F)C(F)(F)C(F)(F)F. The Labute approximate surface area is 174 Å². The van der Waals surface area contributed by atoms with Gasteiger partial charge in [0.1, 0.15) is 0 Å². The third-order valence-electron chi connectivity index (χ3n) is 3.57. The number of sulfone groups is 1. The van der Waals surface area contributed by atoms with Crippen molar-refractivity contribution < 1.29 is 84.6 Å². The van der Waals surface area contributed by atoms with Gasteiger partial charge in [-0.05, 0) is 13.8 Å². The molecule has 0 aromatic rings. The Hall–Kier alpha value is -2.02. The van der Waals surface area contributed by atoms with Crippen molar-refractivity contribution in [2.75, 3.05) is 13.2 Å². The first-order valence-corrected chi connectivity index (χ1v) is 9.41. The lowest BCUT2D eigenvalue weighted by atomic mass is 9.98. The van der Waals surface area contributed by atoms with Crippen molar-refractivity contribution in [3.05, 3.63) is 0 Å². The maximum absolute atomic E-state index is 14.0. The molecule has 20 heteroatoms. The summed E-state index contributed by atoms with van der Waals surface area (Å²) in [6.07, 6.45) is -7.71. The van der Waals surface area contributed by atoms with Gasteiger partial charge in [-0.1, -0.05) is 0 Å². The average Bonchev–Trinajstić information content (AvgIpc) is 2.60. The topological polar surface area (TPSA) is 86.7 Å². The van der Waals surface area contributed by atoms with Crippen molar-refractivity contribution >= 4 is 21.8 Å². The van der Waals surface area contributed by atoms with Gasteiger partial charge in [0, 0.05) is 0 Å². The Bertz CT molecular complexity index is 831. The first-order chi connectivity index (χ1) is 14.3. The fourth-order valence-corrected chi connectivity index (χ4v) is 3.29. The van der Waals surface area contributed by atoms with E-state index in [4.69, 9.17) is 0 Å². The molecular weight excluding hydrogens is 531 g/mol. The highest BCUT2D eigenvalue weighted by Gasteiger charge is 2.93. The van der Waals surface area contributed by atoms with E-state index in [2.05, 4.69) is 9.47 Å². The highest BCUT2D eigenvalue weighted by molar-refractivity contribution is 7.94. The molecule has 0 saturated carbocycles. The number of carbonyl (C=O) groups is 2. The molecule has 0 saturated heterocycles. The van der Waals surface area contributed by atoms with Crippen LogP contribution in [0.15, 0.2) is 0 Å². The van der Waals surface area contributed by atoms with Gasteiger partial charge in [-0.15, -0.1) is 0 Å². The van der Waals surface area contributed by atoms with Crippen molar-refractivity contribution in [3.8, 4) is 0 Å². The summed E-state index contributed by atoms with van der Waals surface area (Å²) in [6, 6.07) is 0. The second-order valence-electron chi connectivity index (χ2n) is 5.74. The Morgan fingerprint density at radius 1 is 0.636 bits per heavy atom. The predicted octanol–water partition coefficient (Wildman–Crippen LogP) is 3.59. The highest BCUT2D eigenvalue weighted by Crippen LogP contribution is 2.61. The van der Waals surface area contributed by atoms with Gasteiger partial charge in [0.05, 0.1) is 13.2 Å². The van der Waals surface area contributed by atoms with Crippen LogP contribution in [0.3, 0.4) is 0 Å². The largest absolute Gasteiger partial charge is 0.465 e. The van der Waals surface area contributed by atoms with Crippen LogP contribution in [0.1, 0.15) is 13.8 Å². The second-order valence-corrected chi connectivity index (χ2v) is 7.82. The smallest absolute Gasteiger partial charge is 0.460 e. The fourth-order valence-electron chi connectivity index (χ4n) is 1.87. The monoisotopic (exact) mass is 542 g/mol. The van der Waals surface area contributed by atoms with E-state index in [1.54, 1.807) is 0 Å². The van der Waals surface area contributed by atoms with Crippen molar-refractivity contribution in [3.63, 3.8) is 0 Å². The minimum Gasteiger partial charge on any atom is -0.465 e. The van der Waals surface area contributed by atoms with E-state index in [-0.39, 0.29) is 0 Å². The number of halogens is 13. The second kappa shape index (κ2) is 8.97. The van der Waals surface area contributed by atoms with Crippen LogP contribution in [0.25, 0.3) is 0 Å². The number of alkyl halides is 13. The quantitative estimate of drug-likeness (QED) is 0.238. The maximum atomic E-state index is 14.0. The van der Waals surface area contributed by atoms with E-state index in [0.29, 0.717) is 0 Å². The molecule has 0 amide bonds. The molecule has 0 heterocycles. The number of rotatable bonds is 10. The molecule has 0 unspecified atom stereocenters. The molecule has 0 bridgehead atoms. The summed E-state index contributed by atoms with van der Waals surface area (Å²) in [7, 11) is -7.80. The van der Waals surface area contributed by atoms with Gasteiger partial charge in [0.2, 0.25) is 9.84 Å². The third kappa shape index (κ3) is 4.53. The van der Waals surface area contributed by atoms with Gasteiger partial charge in [0.25, 0.3) is 5.25 Å². The van der Waals surface area contributed by atoms with Crippen LogP contribution in [0, 0.1) is 0 Å². The minimum atomic E-state index is -8.44. The summed E-state index contributed by atoms with van der Waals surface area (Å²) in [5.74, 6) is -38.5. The van der Waals surface area contributed by atoms with Crippen LogP contribution in [-0.2, 0) is 28.9 Å². The van der Waals surface area contributed by atoms with Crippen LogP contribution >= 0.6 is 0 Å². The first kappa shape index (κ1) is 31.0. The Morgan fingerprint density at radius 2 is 0.939 bits per heavy atom. The van der Waals surface area contributed by atoms with Gasteiger partial charge in [-0.2, -0.15) is 57.1 Å². The first-order valence-electron chi connectivity index (χ1n) is 7.87. The van der Waals surface area contributed by atoms with E-state index in [9.17, 15) is 75.1 Å². The lowest BCUT2D eigenvalue weighted by molar-refractivity contribution is -0.433. The summed E-state index contributed by atoms with van der Waals surface area (Å²) in [4.78, 5) is 23.1. The van der Waals surface area contributed by atoms with E-state index in [1.165, 1.54) is 0 Å². The molecule has 0 aliphatic carbocycles. The van der Waals surface area contributed by atoms with Crippen molar-refractivity contribution in [2.24, 2.45) is 0 Å². The lowest BCUT2D eigenvalue weighted by Crippen LogP contribution is -2.72. The average molecular weight is 542 g/mol. The molecule has 0 aliphatic rings. The van der Waals surface area contributed by atoms with Crippen LogP contribution in [0.5, 0.6) is 0 Å². The van der Waals surface area contributed by atoms with E-state index >= 15 is 0 Å². The number of ether oxygens (including phenoxy) is 2. The number of carbonyl (C=O) groups excluding carboxylic acids is 2. The van der Waals surface area contributed by atoms with Crippen molar-refractivity contribution in [1.82, 2.24) is 0 Å². The third-order valence-corrected chi connectivity index (χ3v) is 5.55. The highest BCUT2D eigenvalue weighted by atomic mass is 32.2. The van der Waals surface area contributed by atoms with E-state index in [1.807, 2.05) is 0 Å². The normalized spacial score (nSPS) is 14.9. The summed E-state index contributed by atoms with van der Waals surface area (Å²) in [5.41, 5.74) is 0. The summed E-state index contributed by atoms with van der Waals surface area (Å²) >= 11 is 0. The minimum absolute atomic E-state index is 0.827. The van der Waals surface area contributed by atoms with E-state index in [0.717, 1.165) is 13.8 Å². The van der Waals surface area contributed by atoms with Crippen LogP contribution in [-0.4, -0.2) is 73.9 Å². The molecule has 0 aliphatic heterocycles. The van der Waals surface area contributed by atoms with Crippen molar-refractivity contribution in [2.45, 2.75) is 54.2 Å². The molecule has 0 atom stereocenters. The number of hydrogen-bond donors (Lipinski definition) is 0. The molecule has 0 fully saturated rings. The molecule has 0 N–H and O–H groups in total. The maximum Gasteiger partial charge on any atom is 0.460 e. The molecule has 0 aromatic heterocycles. The van der Waals surface area contributed by atoms with Crippen LogP contribution in [0.4, 0.5) is 57.1 Å². The Morgan fingerprint density at radius 3 is 1.21 bits per heavy atom. The summed E-state index contributed by atoms with van der Waals surface area (Å²) < 4.78 is 202. The molecule has 33 heavy (non-hydrogen) atoms. The zero-order valence-electron chi connectivity index (χ0n) is 15.8. The molecule has 0 spiro atoms.